The minimum Gasteiger partial charge on any atom is -0.480 e. The fraction of sp³-hybridized carbons (Fsp3) is 0.889. The number of halogens is 3. The van der Waals surface area contributed by atoms with E-state index in [1.165, 1.54) is 20.8 Å². The summed E-state index contributed by atoms with van der Waals surface area (Å²) in [6.07, 6.45) is -4.86. The van der Waals surface area contributed by atoms with Crippen molar-refractivity contribution in [1.29, 1.82) is 0 Å². The van der Waals surface area contributed by atoms with Crippen LogP contribution in [0, 0.1) is 11.8 Å². The second-order valence-corrected chi connectivity index (χ2v) is 3.96. The first-order chi connectivity index (χ1) is 6.57. The molecule has 3 N–H and O–H groups in total. The van der Waals surface area contributed by atoms with Crippen LogP contribution >= 0.6 is 0 Å². The number of carboxylic acids is 1. The number of alkyl halides is 3. The molecule has 0 radical (unpaired) electrons. The van der Waals surface area contributed by atoms with E-state index >= 15 is 0 Å². The molecule has 0 heterocycles. The lowest BCUT2D eigenvalue weighted by Gasteiger charge is -2.36. The van der Waals surface area contributed by atoms with Gasteiger partial charge in [0.1, 0.15) is 5.54 Å². The van der Waals surface area contributed by atoms with E-state index in [-0.39, 0.29) is 6.42 Å². The van der Waals surface area contributed by atoms with E-state index in [0.717, 1.165) is 0 Å². The highest BCUT2D eigenvalue weighted by Crippen LogP contribution is 2.40. The van der Waals surface area contributed by atoms with Crippen LogP contribution < -0.4 is 5.73 Å². The van der Waals surface area contributed by atoms with Gasteiger partial charge in [-0.05, 0) is 12.3 Å². The predicted molar refractivity (Wildman–Crippen MR) is 49.2 cm³/mol. The van der Waals surface area contributed by atoms with Gasteiger partial charge in [0.15, 0.2) is 0 Å². The van der Waals surface area contributed by atoms with E-state index in [0.29, 0.717) is 0 Å². The molecule has 0 fully saturated rings. The van der Waals surface area contributed by atoms with Gasteiger partial charge in [0.05, 0.1) is 5.92 Å². The molecule has 90 valence electrons. The highest BCUT2D eigenvalue weighted by atomic mass is 19.4. The Morgan fingerprint density at radius 2 is 1.80 bits per heavy atom. The van der Waals surface area contributed by atoms with Gasteiger partial charge in [-0.25, -0.2) is 0 Å². The van der Waals surface area contributed by atoms with Gasteiger partial charge in [0.2, 0.25) is 0 Å². The van der Waals surface area contributed by atoms with Crippen molar-refractivity contribution < 1.29 is 23.1 Å². The molecule has 6 heteroatoms. The molecule has 0 aromatic rings. The van der Waals surface area contributed by atoms with Crippen LogP contribution in [0.2, 0.25) is 0 Å². The van der Waals surface area contributed by atoms with Gasteiger partial charge in [-0.1, -0.05) is 20.8 Å². The predicted octanol–water partition coefficient (Wildman–Crippen LogP) is 2.01. The van der Waals surface area contributed by atoms with Crippen molar-refractivity contribution in [2.75, 3.05) is 0 Å². The second kappa shape index (κ2) is 4.38. The lowest BCUT2D eigenvalue weighted by molar-refractivity contribution is -0.211. The average Bonchev–Trinajstić information content (AvgIpc) is 2.00. The molecular weight excluding hydrogens is 211 g/mol. The van der Waals surface area contributed by atoms with Crippen LogP contribution in [0.1, 0.15) is 27.2 Å². The molecule has 2 atom stereocenters. The Morgan fingerprint density at radius 1 is 1.40 bits per heavy atom. The van der Waals surface area contributed by atoms with Crippen LogP contribution in [0.15, 0.2) is 0 Å². The molecule has 0 aromatic heterocycles. The maximum absolute atomic E-state index is 12.7. The smallest absolute Gasteiger partial charge is 0.394 e. The molecule has 0 spiro atoms. The summed E-state index contributed by atoms with van der Waals surface area (Å²) in [6.45, 7) is 3.98. The van der Waals surface area contributed by atoms with Crippen molar-refractivity contribution in [2.24, 2.45) is 17.6 Å². The maximum Gasteiger partial charge on any atom is 0.394 e. The van der Waals surface area contributed by atoms with Crippen LogP contribution in [-0.4, -0.2) is 22.8 Å². The second-order valence-electron chi connectivity index (χ2n) is 3.96. The number of hydrogen-bond acceptors (Lipinski definition) is 2. The van der Waals surface area contributed by atoms with Gasteiger partial charge in [-0.3, -0.25) is 4.79 Å². The molecule has 0 saturated carbocycles. The average molecular weight is 227 g/mol. The fourth-order valence-electron chi connectivity index (χ4n) is 1.77. The van der Waals surface area contributed by atoms with Crippen LogP contribution in [0.4, 0.5) is 13.2 Å². The summed E-state index contributed by atoms with van der Waals surface area (Å²) in [5.41, 5.74) is 3.11. The molecule has 2 unspecified atom stereocenters. The largest absolute Gasteiger partial charge is 0.480 e. The van der Waals surface area contributed by atoms with Gasteiger partial charge in [0, 0.05) is 0 Å². The Bertz CT molecular complexity index is 240. The summed E-state index contributed by atoms with van der Waals surface area (Å²) >= 11 is 0. The molecule has 0 amide bonds. The molecule has 0 saturated heterocycles. The van der Waals surface area contributed by atoms with Gasteiger partial charge < -0.3 is 10.8 Å². The number of carboxylic acid groups (broad SMARTS) is 1. The first kappa shape index (κ1) is 14.2. The zero-order valence-corrected chi connectivity index (χ0v) is 8.93. The summed E-state index contributed by atoms with van der Waals surface area (Å²) in [5, 5.41) is 8.79. The number of rotatable bonds is 4. The zero-order valence-electron chi connectivity index (χ0n) is 8.93. The highest BCUT2D eigenvalue weighted by Gasteiger charge is 2.56. The Morgan fingerprint density at radius 3 is 1.87 bits per heavy atom. The molecule has 0 bridgehead atoms. The monoisotopic (exact) mass is 227 g/mol. The molecule has 0 aliphatic heterocycles. The summed E-state index contributed by atoms with van der Waals surface area (Å²) < 4.78 is 38.0. The number of nitrogens with two attached hydrogens (primary N) is 1. The van der Waals surface area contributed by atoms with Crippen LogP contribution in [0.5, 0.6) is 0 Å². The van der Waals surface area contributed by atoms with E-state index in [9.17, 15) is 18.0 Å². The number of carbonyl (C=O) groups is 1. The Labute approximate surface area is 86.5 Å². The van der Waals surface area contributed by atoms with Gasteiger partial charge in [-0.15, -0.1) is 0 Å². The van der Waals surface area contributed by atoms with Crippen LogP contribution in [0.25, 0.3) is 0 Å². The lowest BCUT2D eigenvalue weighted by Crippen LogP contribution is -2.60. The quantitative estimate of drug-likeness (QED) is 0.772. The number of aliphatic carboxylic acids is 1. The lowest BCUT2D eigenvalue weighted by atomic mass is 9.75. The Kier molecular flexibility index (Phi) is 4.16. The molecule has 0 aliphatic carbocycles. The SMILES string of the molecule is CCC(N)(C(=O)O)C(C(C)C)C(F)(F)F. The van der Waals surface area contributed by atoms with Crippen molar-refractivity contribution in [3.63, 3.8) is 0 Å². The highest BCUT2D eigenvalue weighted by molar-refractivity contribution is 5.79. The normalized spacial score (nSPS) is 18.7. The summed E-state index contributed by atoms with van der Waals surface area (Å²) in [4.78, 5) is 10.8. The fourth-order valence-corrected chi connectivity index (χ4v) is 1.77. The summed E-state index contributed by atoms with van der Waals surface area (Å²) in [5.74, 6) is -4.51. The van der Waals surface area contributed by atoms with Crippen LogP contribution in [-0.2, 0) is 4.79 Å². The maximum atomic E-state index is 12.7. The standard InChI is InChI=1S/C9H16F3NO2/c1-4-8(13,7(14)15)6(5(2)3)9(10,11)12/h5-6H,4,13H2,1-3H3,(H,14,15). The van der Waals surface area contributed by atoms with Gasteiger partial charge in [0.25, 0.3) is 0 Å². The Hall–Kier alpha value is -0.780. The molecular formula is C9H16F3NO2. The van der Waals surface area contributed by atoms with Crippen molar-refractivity contribution in [2.45, 2.75) is 38.9 Å². The molecule has 3 nitrogen and oxygen atoms in total. The third kappa shape index (κ3) is 2.84. The van der Waals surface area contributed by atoms with Crippen molar-refractivity contribution in [3.8, 4) is 0 Å². The summed E-state index contributed by atoms with van der Waals surface area (Å²) in [6, 6.07) is 0. The molecule has 0 rings (SSSR count). The van der Waals surface area contributed by atoms with E-state index in [2.05, 4.69) is 0 Å². The van der Waals surface area contributed by atoms with E-state index in [1.54, 1.807) is 0 Å². The van der Waals surface area contributed by atoms with E-state index < -0.39 is 29.5 Å². The molecule has 0 aliphatic rings. The van der Waals surface area contributed by atoms with E-state index in [1.807, 2.05) is 0 Å². The van der Waals surface area contributed by atoms with E-state index in [4.69, 9.17) is 10.8 Å². The topological polar surface area (TPSA) is 63.3 Å². The first-order valence-corrected chi connectivity index (χ1v) is 4.66. The minimum atomic E-state index is -4.60. The van der Waals surface area contributed by atoms with Crippen LogP contribution in [0.3, 0.4) is 0 Å². The first-order valence-electron chi connectivity index (χ1n) is 4.66. The molecule has 15 heavy (non-hydrogen) atoms. The minimum absolute atomic E-state index is 0.259. The number of hydrogen-bond donors (Lipinski definition) is 2. The van der Waals surface area contributed by atoms with Crippen molar-refractivity contribution in [1.82, 2.24) is 0 Å². The van der Waals surface area contributed by atoms with Gasteiger partial charge >= 0.3 is 12.1 Å². The van der Waals surface area contributed by atoms with Gasteiger partial charge in [-0.2, -0.15) is 13.2 Å². The Balaban J connectivity index is 5.32. The van der Waals surface area contributed by atoms with Crippen molar-refractivity contribution >= 4 is 5.97 Å². The van der Waals surface area contributed by atoms with Crippen molar-refractivity contribution in [3.05, 3.63) is 0 Å². The molecule has 0 aromatic carbocycles. The zero-order chi connectivity index (χ0) is 12.4. The third-order valence-corrected chi connectivity index (χ3v) is 2.56. The summed E-state index contributed by atoms with van der Waals surface area (Å²) in [7, 11) is 0. The third-order valence-electron chi connectivity index (χ3n) is 2.56.